The van der Waals surface area contributed by atoms with E-state index in [4.69, 9.17) is 11.6 Å². The summed E-state index contributed by atoms with van der Waals surface area (Å²) in [7, 11) is 0. The van der Waals surface area contributed by atoms with Gasteiger partial charge < -0.3 is 0 Å². The third-order valence-electron chi connectivity index (χ3n) is 0.386. The van der Waals surface area contributed by atoms with E-state index in [-0.39, 0.29) is 0 Å². The second-order valence-electron chi connectivity index (χ2n) is 1.21. The molecule has 0 nitrogen and oxygen atoms in total. The highest BCUT2D eigenvalue weighted by molar-refractivity contribution is 9.10. The van der Waals surface area contributed by atoms with Crippen molar-refractivity contribution in [3.63, 3.8) is 0 Å². The van der Waals surface area contributed by atoms with Crippen LogP contribution in [0, 0.1) is 0 Å². The van der Waals surface area contributed by atoms with Gasteiger partial charge in [0, 0.05) is 0 Å². The van der Waals surface area contributed by atoms with Gasteiger partial charge in [-0.3, -0.25) is 0 Å². The maximum Gasteiger partial charge on any atom is 0.391 e. The lowest BCUT2D eigenvalue weighted by molar-refractivity contribution is -0.131. The highest BCUT2D eigenvalue weighted by atomic mass is 79.9. The van der Waals surface area contributed by atoms with Gasteiger partial charge in [0.05, 0.1) is 10.7 Å². The molecule has 0 aliphatic rings. The topological polar surface area (TPSA) is 0 Å². The number of hydrogen-bond donors (Lipinski definition) is 0. The van der Waals surface area contributed by atoms with Crippen molar-refractivity contribution in [2.45, 2.75) is 16.9 Å². The molecule has 8 heavy (non-hydrogen) atoms. The molecule has 0 N–H and O–H groups in total. The Balaban J connectivity index is 3.39. The van der Waals surface area contributed by atoms with Crippen LogP contribution in [0.3, 0.4) is 0 Å². The van der Waals surface area contributed by atoms with Gasteiger partial charge in [-0.25, -0.2) is 0 Å². The summed E-state index contributed by atoms with van der Waals surface area (Å²) in [5.74, 6) is 0. The van der Waals surface area contributed by atoms with Gasteiger partial charge in [0.1, 0.15) is 0 Å². The van der Waals surface area contributed by atoms with Crippen molar-refractivity contribution in [2.24, 2.45) is 0 Å². The number of halogens is 5. The minimum absolute atomic E-state index is 0.992. The first-order valence-electron chi connectivity index (χ1n) is 1.77. The van der Waals surface area contributed by atoms with Crippen molar-refractivity contribution in [1.29, 1.82) is 0 Å². The van der Waals surface area contributed by atoms with E-state index in [1.165, 1.54) is 0 Å². The molecule has 0 radical (unpaired) electrons. The third kappa shape index (κ3) is 6.56. The Kier molecular flexibility index (Phi) is 3.12. The van der Waals surface area contributed by atoms with Gasteiger partial charge in [0.15, 0.2) is 0 Å². The zero-order chi connectivity index (χ0) is 6.78. The summed E-state index contributed by atoms with van der Waals surface area (Å²) in [4.78, 5) is 0. The van der Waals surface area contributed by atoms with Crippen molar-refractivity contribution < 1.29 is 13.2 Å². The van der Waals surface area contributed by atoms with Crippen LogP contribution in [0.1, 0.15) is 6.42 Å². The molecule has 0 amide bonds. The van der Waals surface area contributed by atoms with Gasteiger partial charge in [0.2, 0.25) is 0 Å². The molecule has 0 spiro atoms. The van der Waals surface area contributed by atoms with E-state index in [1.54, 1.807) is 0 Å². The summed E-state index contributed by atoms with van der Waals surface area (Å²) < 4.78 is 32.6. The summed E-state index contributed by atoms with van der Waals surface area (Å²) in [6.07, 6.45) is -5.15. The van der Waals surface area contributed by atoms with Crippen LogP contribution in [0.25, 0.3) is 0 Å². The highest BCUT2D eigenvalue weighted by Gasteiger charge is 2.29. The van der Waals surface area contributed by atoms with Gasteiger partial charge in [-0.15, -0.1) is 11.6 Å². The normalized spacial score (nSPS) is 16.1. The van der Waals surface area contributed by atoms with Crippen LogP contribution in [0.4, 0.5) is 13.2 Å². The molecule has 0 unspecified atom stereocenters. The Morgan fingerprint density at radius 3 is 1.88 bits per heavy atom. The van der Waals surface area contributed by atoms with Crippen LogP contribution in [-0.2, 0) is 0 Å². The van der Waals surface area contributed by atoms with Crippen molar-refractivity contribution in [3.05, 3.63) is 0 Å². The fraction of sp³-hybridized carbons (Fsp3) is 1.00. The van der Waals surface area contributed by atoms with Gasteiger partial charge in [0.25, 0.3) is 0 Å². The summed E-state index contributed by atoms with van der Waals surface area (Å²) in [5, 5.41) is 0. The van der Waals surface area contributed by atoms with Crippen LogP contribution in [0.5, 0.6) is 0 Å². The number of alkyl halides is 5. The fourth-order valence-electron chi connectivity index (χ4n) is 0.175. The molecule has 0 aromatic carbocycles. The molecule has 0 saturated carbocycles. The van der Waals surface area contributed by atoms with E-state index >= 15 is 0 Å². The van der Waals surface area contributed by atoms with Gasteiger partial charge in [-0.1, -0.05) is 15.9 Å². The second-order valence-corrected chi connectivity index (χ2v) is 3.37. The molecule has 0 saturated heterocycles. The van der Waals surface area contributed by atoms with Crippen molar-refractivity contribution >= 4 is 27.5 Å². The molecule has 0 aliphatic heterocycles. The predicted molar refractivity (Wildman–Crippen MR) is 29.2 cm³/mol. The minimum atomic E-state index is -4.16. The lowest BCUT2D eigenvalue weighted by Crippen LogP contribution is -2.10. The quantitative estimate of drug-likeness (QED) is 0.585. The largest absolute Gasteiger partial charge is 0.391 e. The van der Waals surface area contributed by atoms with E-state index in [0.29, 0.717) is 0 Å². The molecular weight excluding hydrogens is 208 g/mol. The monoisotopic (exact) mass is 210 g/mol. The maximum absolute atomic E-state index is 11.2. The van der Waals surface area contributed by atoms with Crippen molar-refractivity contribution in [2.75, 3.05) is 0 Å². The second kappa shape index (κ2) is 2.92. The third-order valence-corrected chi connectivity index (χ3v) is 0.864. The molecular formula is C3H3BrClF3. The average Bonchev–Trinajstić information content (AvgIpc) is 1.21. The van der Waals surface area contributed by atoms with E-state index in [2.05, 4.69) is 15.9 Å². The smallest absolute Gasteiger partial charge is 0.171 e. The number of rotatable bonds is 1. The van der Waals surface area contributed by atoms with Gasteiger partial charge in [-0.05, 0) is 0 Å². The van der Waals surface area contributed by atoms with E-state index < -0.39 is 16.9 Å². The van der Waals surface area contributed by atoms with Crippen LogP contribution in [0.2, 0.25) is 0 Å². The highest BCUT2D eigenvalue weighted by Crippen LogP contribution is 2.26. The minimum Gasteiger partial charge on any atom is -0.171 e. The first kappa shape index (κ1) is 8.56. The zero-order valence-corrected chi connectivity index (χ0v) is 6.02. The molecule has 1 atom stereocenters. The summed E-state index contributed by atoms with van der Waals surface area (Å²) >= 11 is 7.51. The Bertz CT molecular complexity index is 69.4. The van der Waals surface area contributed by atoms with Crippen LogP contribution in [0.15, 0.2) is 0 Å². The standard InChI is InChI=1S/C3H3BrClF3/c4-2(5)1-3(6,7)8/h2H,1H2/t2-/m1/s1. The fourth-order valence-corrected chi connectivity index (χ4v) is 0.717. The lowest BCUT2D eigenvalue weighted by atomic mass is 10.5. The van der Waals surface area contributed by atoms with E-state index in [0.717, 1.165) is 0 Å². The first-order valence-corrected chi connectivity index (χ1v) is 3.12. The molecule has 5 heteroatoms. The molecule has 0 aromatic rings. The zero-order valence-electron chi connectivity index (χ0n) is 3.67. The molecule has 0 aliphatic carbocycles. The SMILES string of the molecule is FC(F)(F)C[C@@H](Cl)Br. The van der Waals surface area contributed by atoms with E-state index in [1.807, 2.05) is 0 Å². The van der Waals surface area contributed by atoms with Gasteiger partial charge >= 0.3 is 6.18 Å². The molecule has 0 aromatic heterocycles. The van der Waals surface area contributed by atoms with Crippen molar-refractivity contribution in [3.8, 4) is 0 Å². The molecule has 0 heterocycles. The summed E-state index contributed by atoms with van der Waals surface area (Å²) in [6.45, 7) is 0. The first-order chi connectivity index (χ1) is 3.42. The Morgan fingerprint density at radius 2 is 1.88 bits per heavy atom. The molecule has 50 valence electrons. The summed E-state index contributed by atoms with van der Waals surface area (Å²) in [5.41, 5.74) is 0. The Labute approximate surface area is 58.1 Å². The number of hydrogen-bond acceptors (Lipinski definition) is 0. The Morgan fingerprint density at radius 1 is 1.50 bits per heavy atom. The Hall–Kier alpha value is 0.560. The maximum atomic E-state index is 11.2. The van der Waals surface area contributed by atoms with Crippen LogP contribution < -0.4 is 0 Å². The van der Waals surface area contributed by atoms with Crippen LogP contribution >= 0.6 is 27.5 Å². The predicted octanol–water partition coefficient (Wildman–Crippen LogP) is 2.90. The molecule has 0 bridgehead atoms. The lowest BCUT2D eigenvalue weighted by Gasteiger charge is -2.04. The summed E-state index contributed by atoms with van der Waals surface area (Å²) in [6, 6.07) is 0. The van der Waals surface area contributed by atoms with Gasteiger partial charge in [-0.2, -0.15) is 13.2 Å². The van der Waals surface area contributed by atoms with Crippen LogP contribution in [-0.4, -0.2) is 10.5 Å². The molecule has 0 fully saturated rings. The van der Waals surface area contributed by atoms with E-state index in [9.17, 15) is 13.2 Å². The average molecular weight is 211 g/mol. The molecule has 0 rings (SSSR count). The van der Waals surface area contributed by atoms with Crippen molar-refractivity contribution in [1.82, 2.24) is 0 Å².